The van der Waals surface area contributed by atoms with Crippen LogP contribution in [0.25, 0.3) is 0 Å². The third-order valence-electron chi connectivity index (χ3n) is 2.73. The largest absolute Gasteiger partial charge is 0.337 e. The summed E-state index contributed by atoms with van der Waals surface area (Å²) in [6, 6.07) is 0.571. The quantitative estimate of drug-likeness (QED) is 0.564. The van der Waals surface area contributed by atoms with Gasteiger partial charge in [-0.1, -0.05) is 0 Å². The first-order chi connectivity index (χ1) is 5.83. The smallest absolute Gasteiger partial charge is 0.240 e. The van der Waals surface area contributed by atoms with Gasteiger partial charge in [0.15, 0.2) is 0 Å². The van der Waals surface area contributed by atoms with Crippen LogP contribution < -0.4 is 11.1 Å². The molecule has 2 bridgehead atoms. The first kappa shape index (κ1) is 8.01. The number of nitrogens with zero attached hydrogens (tertiary/aromatic N) is 1. The molecule has 2 aliphatic rings. The summed E-state index contributed by atoms with van der Waals surface area (Å²) >= 11 is 0. The van der Waals surface area contributed by atoms with Crippen LogP contribution in [-0.2, 0) is 4.79 Å². The molecule has 2 fully saturated rings. The molecule has 2 heterocycles. The van der Waals surface area contributed by atoms with Crippen molar-refractivity contribution in [1.82, 2.24) is 10.2 Å². The Morgan fingerprint density at radius 2 is 2.50 bits per heavy atom. The molecule has 1 amide bonds. The van der Waals surface area contributed by atoms with Gasteiger partial charge in [-0.15, -0.1) is 0 Å². The molecule has 0 radical (unpaired) electrons. The predicted octanol–water partition coefficient (Wildman–Crippen LogP) is -1.09. The Hall–Kier alpha value is -0.610. The summed E-state index contributed by atoms with van der Waals surface area (Å²) in [5.74, 6) is 0.278. The van der Waals surface area contributed by atoms with E-state index in [0.717, 1.165) is 25.9 Å². The van der Waals surface area contributed by atoms with E-state index in [1.807, 2.05) is 4.90 Å². The molecule has 0 aromatic heterocycles. The van der Waals surface area contributed by atoms with Crippen LogP contribution in [0.4, 0.5) is 0 Å². The zero-order chi connectivity index (χ0) is 8.55. The topological polar surface area (TPSA) is 58.4 Å². The Labute approximate surface area is 72.1 Å². The van der Waals surface area contributed by atoms with Crippen molar-refractivity contribution in [2.75, 3.05) is 19.6 Å². The van der Waals surface area contributed by atoms with Crippen molar-refractivity contribution in [2.24, 2.45) is 5.73 Å². The molecule has 68 valence electrons. The number of hydrogen-bond donors (Lipinski definition) is 2. The average Bonchev–Trinajstić information content (AvgIpc) is 2.62. The highest BCUT2D eigenvalue weighted by molar-refractivity contribution is 5.85. The maximum absolute atomic E-state index is 11.5. The van der Waals surface area contributed by atoms with Crippen LogP contribution in [0.1, 0.15) is 12.8 Å². The van der Waals surface area contributed by atoms with Crippen molar-refractivity contribution in [3.05, 3.63) is 0 Å². The van der Waals surface area contributed by atoms with Gasteiger partial charge in [0, 0.05) is 19.1 Å². The van der Waals surface area contributed by atoms with Crippen LogP contribution >= 0.6 is 0 Å². The molecule has 2 rings (SSSR count). The van der Waals surface area contributed by atoms with Crippen LogP contribution in [-0.4, -0.2) is 42.5 Å². The third kappa shape index (κ3) is 1.11. The average molecular weight is 169 g/mol. The highest BCUT2D eigenvalue weighted by atomic mass is 16.2. The van der Waals surface area contributed by atoms with Gasteiger partial charge in [-0.05, 0) is 19.4 Å². The Bertz CT molecular complexity index is 195. The second kappa shape index (κ2) is 3.03. The second-order valence-electron chi connectivity index (χ2n) is 3.52. The van der Waals surface area contributed by atoms with E-state index in [1.165, 1.54) is 0 Å². The summed E-state index contributed by atoms with van der Waals surface area (Å²) < 4.78 is 0. The van der Waals surface area contributed by atoms with Crippen LogP contribution in [0.2, 0.25) is 0 Å². The van der Waals surface area contributed by atoms with Gasteiger partial charge in [0.25, 0.3) is 0 Å². The fourth-order valence-electron chi connectivity index (χ4n) is 2.08. The van der Waals surface area contributed by atoms with Crippen LogP contribution in [0.5, 0.6) is 0 Å². The maximum Gasteiger partial charge on any atom is 0.240 e. The van der Waals surface area contributed by atoms with E-state index in [2.05, 4.69) is 5.32 Å². The Balaban J connectivity index is 1.94. The molecule has 0 aromatic carbocycles. The van der Waals surface area contributed by atoms with Crippen molar-refractivity contribution in [3.8, 4) is 0 Å². The molecule has 2 atom stereocenters. The van der Waals surface area contributed by atoms with E-state index in [4.69, 9.17) is 5.73 Å². The number of likely N-dealkylation sites (tertiary alicyclic amines) is 1. The molecule has 2 aliphatic heterocycles. The van der Waals surface area contributed by atoms with Gasteiger partial charge < -0.3 is 16.0 Å². The maximum atomic E-state index is 11.5. The van der Waals surface area contributed by atoms with Crippen LogP contribution in [0.15, 0.2) is 0 Å². The molecule has 3 N–H and O–H groups in total. The molecular weight excluding hydrogens is 154 g/mol. The predicted molar refractivity (Wildman–Crippen MR) is 45.6 cm³/mol. The minimum Gasteiger partial charge on any atom is -0.337 e. The number of piperazine rings is 1. The first-order valence-corrected chi connectivity index (χ1v) is 4.57. The van der Waals surface area contributed by atoms with Gasteiger partial charge in [-0.3, -0.25) is 4.79 Å². The lowest BCUT2D eigenvalue weighted by molar-refractivity contribution is -0.132. The monoisotopic (exact) mass is 169 g/mol. The number of rotatable bonds is 3. The summed E-state index contributed by atoms with van der Waals surface area (Å²) in [6.45, 7) is 2.49. The normalized spacial score (nSPS) is 33.4. The Morgan fingerprint density at radius 3 is 3.08 bits per heavy atom. The molecule has 4 heteroatoms. The fraction of sp³-hybridized carbons (Fsp3) is 0.875. The van der Waals surface area contributed by atoms with Crippen molar-refractivity contribution in [3.63, 3.8) is 0 Å². The lowest BCUT2D eigenvalue weighted by Crippen LogP contribution is -2.48. The molecule has 0 spiro atoms. The fourth-order valence-corrected chi connectivity index (χ4v) is 2.08. The SMILES string of the molecule is NCCCN1C(=O)C2CC1CN2. The van der Waals surface area contributed by atoms with E-state index in [9.17, 15) is 4.79 Å². The van der Waals surface area contributed by atoms with Gasteiger partial charge in [-0.25, -0.2) is 0 Å². The van der Waals surface area contributed by atoms with E-state index in [1.54, 1.807) is 0 Å². The highest BCUT2D eigenvalue weighted by Crippen LogP contribution is 2.24. The van der Waals surface area contributed by atoms with Crippen LogP contribution in [0, 0.1) is 0 Å². The second-order valence-corrected chi connectivity index (χ2v) is 3.52. The van der Waals surface area contributed by atoms with Crippen LogP contribution in [0.3, 0.4) is 0 Å². The first-order valence-electron chi connectivity index (χ1n) is 4.57. The number of fused-ring (bicyclic) bond motifs is 2. The number of carbonyl (C=O) groups excluding carboxylic acids is 1. The summed E-state index contributed by atoms with van der Waals surface area (Å²) in [6.07, 6.45) is 1.93. The van der Waals surface area contributed by atoms with Gasteiger partial charge in [0.05, 0.1) is 6.04 Å². The highest BCUT2D eigenvalue weighted by Gasteiger charge is 2.43. The molecule has 2 unspecified atom stereocenters. The molecule has 4 nitrogen and oxygen atoms in total. The van der Waals surface area contributed by atoms with Crippen molar-refractivity contribution < 1.29 is 4.79 Å². The van der Waals surface area contributed by atoms with E-state index in [-0.39, 0.29) is 11.9 Å². The minimum atomic E-state index is 0.118. The van der Waals surface area contributed by atoms with E-state index < -0.39 is 0 Å². The van der Waals surface area contributed by atoms with E-state index >= 15 is 0 Å². The Kier molecular flexibility index (Phi) is 2.02. The standard InChI is InChI=1S/C8H15N3O/c9-2-1-3-11-6-4-7(8(11)12)10-5-6/h6-7,10H,1-5,9H2. The minimum absolute atomic E-state index is 0.118. The zero-order valence-corrected chi connectivity index (χ0v) is 7.12. The molecule has 0 aliphatic carbocycles. The summed E-state index contributed by atoms with van der Waals surface area (Å²) in [5.41, 5.74) is 5.40. The molecule has 0 saturated carbocycles. The van der Waals surface area contributed by atoms with Crippen molar-refractivity contribution >= 4 is 5.91 Å². The molecule has 12 heavy (non-hydrogen) atoms. The van der Waals surface area contributed by atoms with Gasteiger partial charge in [0.1, 0.15) is 0 Å². The molecular formula is C8H15N3O. The lowest BCUT2D eigenvalue weighted by Gasteiger charge is -2.27. The zero-order valence-electron chi connectivity index (χ0n) is 7.12. The van der Waals surface area contributed by atoms with Crippen molar-refractivity contribution in [1.29, 1.82) is 0 Å². The van der Waals surface area contributed by atoms with E-state index in [0.29, 0.717) is 12.6 Å². The Morgan fingerprint density at radius 1 is 1.67 bits per heavy atom. The number of hydrogen-bond acceptors (Lipinski definition) is 3. The number of carbonyl (C=O) groups is 1. The molecule has 0 aromatic rings. The molecule has 2 saturated heterocycles. The lowest BCUT2D eigenvalue weighted by atomic mass is 10.2. The summed E-state index contributed by atoms with van der Waals surface area (Å²) in [4.78, 5) is 13.5. The van der Waals surface area contributed by atoms with Crippen molar-refractivity contribution in [2.45, 2.75) is 24.9 Å². The number of nitrogens with one attached hydrogen (secondary N) is 1. The summed E-state index contributed by atoms with van der Waals surface area (Å²) in [7, 11) is 0. The van der Waals surface area contributed by atoms with Gasteiger partial charge >= 0.3 is 0 Å². The summed E-state index contributed by atoms with van der Waals surface area (Å²) in [5, 5.41) is 3.19. The number of nitrogens with two attached hydrogens (primary N) is 1. The van der Waals surface area contributed by atoms with Gasteiger partial charge in [-0.2, -0.15) is 0 Å². The number of amides is 1. The third-order valence-corrected chi connectivity index (χ3v) is 2.73. The van der Waals surface area contributed by atoms with Gasteiger partial charge in [0.2, 0.25) is 5.91 Å².